The number of carboxylic acid groups (broad SMARTS) is 1. The maximum atomic E-state index is 12.0. The summed E-state index contributed by atoms with van der Waals surface area (Å²) >= 11 is 0. The molecule has 0 aromatic carbocycles. The van der Waals surface area contributed by atoms with E-state index < -0.39 is 17.4 Å². The molecule has 0 aromatic heterocycles. The largest absolute Gasteiger partial charge is 0.481 e. The fourth-order valence-electron chi connectivity index (χ4n) is 1.94. The van der Waals surface area contributed by atoms with Gasteiger partial charge >= 0.3 is 5.97 Å². The lowest BCUT2D eigenvalue weighted by molar-refractivity contribution is -0.160. The van der Waals surface area contributed by atoms with Gasteiger partial charge in [0.15, 0.2) is 0 Å². The van der Waals surface area contributed by atoms with Crippen LogP contribution in [0.4, 0.5) is 0 Å². The number of carbonyl (C=O) groups excluding carboxylic acids is 2. The van der Waals surface area contributed by atoms with Gasteiger partial charge < -0.3 is 5.11 Å². The number of carboxylic acids is 1. The topological polar surface area (TPSA) is 74.7 Å². The molecule has 0 aromatic rings. The molecular weight excluding hydrogens is 210 g/mol. The lowest BCUT2D eigenvalue weighted by Gasteiger charge is -2.39. The van der Waals surface area contributed by atoms with Gasteiger partial charge in [0.2, 0.25) is 11.8 Å². The first-order valence-corrected chi connectivity index (χ1v) is 5.32. The molecule has 5 heteroatoms. The standard InChI is InChI=1S/C11H17NO4/c1-11(2,3)12-8(13)5-4-7(10(12)16)6-9(14)15/h7H,4-6H2,1-3H3,(H,14,15). The molecule has 1 N–H and O–H groups in total. The Morgan fingerprint density at radius 2 is 2.00 bits per heavy atom. The molecular formula is C11H17NO4. The van der Waals surface area contributed by atoms with E-state index in [0.717, 1.165) is 0 Å². The van der Waals surface area contributed by atoms with Crippen LogP contribution in [0, 0.1) is 5.92 Å². The maximum absolute atomic E-state index is 12.0. The van der Waals surface area contributed by atoms with Crippen molar-refractivity contribution < 1.29 is 19.5 Å². The Morgan fingerprint density at radius 3 is 2.44 bits per heavy atom. The number of carbonyl (C=O) groups is 3. The highest BCUT2D eigenvalue weighted by molar-refractivity contribution is 6.00. The minimum Gasteiger partial charge on any atom is -0.481 e. The van der Waals surface area contributed by atoms with Crippen LogP contribution in [0.15, 0.2) is 0 Å². The van der Waals surface area contributed by atoms with Gasteiger partial charge in [-0.2, -0.15) is 0 Å². The van der Waals surface area contributed by atoms with Crippen LogP contribution in [-0.4, -0.2) is 33.3 Å². The second-order valence-corrected chi connectivity index (χ2v) is 5.07. The van der Waals surface area contributed by atoms with Gasteiger partial charge in [0, 0.05) is 17.9 Å². The van der Waals surface area contributed by atoms with Gasteiger partial charge in [-0.25, -0.2) is 0 Å². The molecule has 1 heterocycles. The monoisotopic (exact) mass is 227 g/mol. The average Bonchev–Trinajstić information content (AvgIpc) is 2.07. The molecule has 1 atom stereocenters. The average molecular weight is 227 g/mol. The summed E-state index contributed by atoms with van der Waals surface area (Å²) in [5.41, 5.74) is -0.578. The Labute approximate surface area is 94.4 Å². The highest BCUT2D eigenvalue weighted by Crippen LogP contribution is 2.27. The third-order valence-electron chi connectivity index (χ3n) is 2.62. The summed E-state index contributed by atoms with van der Waals surface area (Å²) in [6, 6.07) is 0. The molecule has 5 nitrogen and oxygen atoms in total. The molecule has 1 unspecified atom stereocenters. The van der Waals surface area contributed by atoms with Crippen molar-refractivity contribution in [2.45, 2.75) is 45.6 Å². The fourth-order valence-corrected chi connectivity index (χ4v) is 1.94. The highest BCUT2D eigenvalue weighted by atomic mass is 16.4. The van der Waals surface area contributed by atoms with E-state index in [-0.39, 0.29) is 24.7 Å². The number of amides is 2. The molecule has 16 heavy (non-hydrogen) atoms. The van der Waals surface area contributed by atoms with Crippen molar-refractivity contribution in [2.75, 3.05) is 0 Å². The van der Waals surface area contributed by atoms with Gasteiger partial charge in [-0.05, 0) is 27.2 Å². The number of hydrogen-bond acceptors (Lipinski definition) is 3. The molecule has 0 radical (unpaired) electrons. The van der Waals surface area contributed by atoms with E-state index in [0.29, 0.717) is 6.42 Å². The zero-order valence-electron chi connectivity index (χ0n) is 9.82. The first-order valence-electron chi connectivity index (χ1n) is 5.32. The van der Waals surface area contributed by atoms with Crippen molar-refractivity contribution >= 4 is 17.8 Å². The molecule has 90 valence electrons. The number of aliphatic carboxylic acids is 1. The number of likely N-dealkylation sites (tertiary alicyclic amines) is 1. The molecule has 0 saturated carbocycles. The van der Waals surface area contributed by atoms with E-state index >= 15 is 0 Å². The van der Waals surface area contributed by atoms with Crippen LogP contribution < -0.4 is 0 Å². The van der Waals surface area contributed by atoms with Crippen molar-refractivity contribution in [3.05, 3.63) is 0 Å². The molecule has 1 aliphatic rings. The number of hydrogen-bond donors (Lipinski definition) is 1. The van der Waals surface area contributed by atoms with Crippen molar-refractivity contribution in [3.8, 4) is 0 Å². The second-order valence-electron chi connectivity index (χ2n) is 5.07. The smallest absolute Gasteiger partial charge is 0.304 e. The Morgan fingerprint density at radius 1 is 1.44 bits per heavy atom. The summed E-state index contributed by atoms with van der Waals surface area (Å²) in [4.78, 5) is 35.4. The normalized spacial score (nSPS) is 22.4. The summed E-state index contributed by atoms with van der Waals surface area (Å²) in [5, 5.41) is 8.68. The van der Waals surface area contributed by atoms with Crippen molar-refractivity contribution in [2.24, 2.45) is 5.92 Å². The van der Waals surface area contributed by atoms with Gasteiger partial charge in [-0.15, -0.1) is 0 Å². The Bertz CT molecular complexity index is 329. The van der Waals surface area contributed by atoms with E-state index in [9.17, 15) is 14.4 Å². The van der Waals surface area contributed by atoms with Crippen LogP contribution in [0.25, 0.3) is 0 Å². The summed E-state index contributed by atoms with van der Waals surface area (Å²) in [7, 11) is 0. The van der Waals surface area contributed by atoms with E-state index in [4.69, 9.17) is 5.11 Å². The van der Waals surface area contributed by atoms with Crippen LogP contribution in [0.5, 0.6) is 0 Å². The van der Waals surface area contributed by atoms with E-state index in [2.05, 4.69) is 0 Å². The van der Waals surface area contributed by atoms with Crippen LogP contribution in [0.3, 0.4) is 0 Å². The van der Waals surface area contributed by atoms with E-state index in [1.807, 2.05) is 0 Å². The Hall–Kier alpha value is -1.39. The molecule has 0 aliphatic carbocycles. The van der Waals surface area contributed by atoms with E-state index in [1.165, 1.54) is 4.90 Å². The second kappa shape index (κ2) is 4.23. The summed E-state index contributed by atoms with van der Waals surface area (Å²) < 4.78 is 0. The summed E-state index contributed by atoms with van der Waals surface area (Å²) in [5.74, 6) is -2.12. The van der Waals surface area contributed by atoms with Crippen LogP contribution in [0.1, 0.15) is 40.0 Å². The molecule has 2 amide bonds. The lowest BCUT2D eigenvalue weighted by Crippen LogP contribution is -2.54. The van der Waals surface area contributed by atoms with Crippen LogP contribution in [0.2, 0.25) is 0 Å². The Balaban J connectivity index is 2.88. The first kappa shape index (κ1) is 12.7. The number of rotatable bonds is 2. The van der Waals surface area contributed by atoms with Crippen molar-refractivity contribution in [3.63, 3.8) is 0 Å². The highest BCUT2D eigenvalue weighted by Gasteiger charge is 2.40. The van der Waals surface area contributed by atoms with Crippen LogP contribution >= 0.6 is 0 Å². The zero-order chi connectivity index (χ0) is 12.5. The Kier molecular flexibility index (Phi) is 3.35. The van der Waals surface area contributed by atoms with Crippen molar-refractivity contribution in [1.29, 1.82) is 0 Å². The molecule has 0 spiro atoms. The van der Waals surface area contributed by atoms with Gasteiger partial charge in [-0.3, -0.25) is 19.3 Å². The van der Waals surface area contributed by atoms with Gasteiger partial charge in [0.05, 0.1) is 6.42 Å². The fraction of sp³-hybridized carbons (Fsp3) is 0.727. The predicted molar refractivity (Wildman–Crippen MR) is 56.6 cm³/mol. The lowest BCUT2D eigenvalue weighted by atomic mass is 9.90. The van der Waals surface area contributed by atoms with Crippen LogP contribution in [-0.2, 0) is 14.4 Å². The van der Waals surface area contributed by atoms with Gasteiger partial charge in [-0.1, -0.05) is 0 Å². The number of piperidine rings is 1. The quantitative estimate of drug-likeness (QED) is 0.715. The third-order valence-corrected chi connectivity index (χ3v) is 2.62. The van der Waals surface area contributed by atoms with Gasteiger partial charge in [0.25, 0.3) is 0 Å². The third kappa shape index (κ3) is 2.59. The number of imide groups is 1. The molecule has 1 saturated heterocycles. The molecule has 1 rings (SSSR count). The summed E-state index contributed by atoms with van der Waals surface area (Å²) in [6.07, 6.45) is 0.399. The maximum Gasteiger partial charge on any atom is 0.304 e. The first-order chi connectivity index (χ1) is 7.23. The summed E-state index contributed by atoms with van der Waals surface area (Å²) in [6.45, 7) is 5.31. The number of nitrogens with zero attached hydrogens (tertiary/aromatic N) is 1. The molecule has 1 aliphatic heterocycles. The van der Waals surface area contributed by atoms with E-state index in [1.54, 1.807) is 20.8 Å². The minimum absolute atomic E-state index is 0.196. The molecule has 1 fully saturated rings. The zero-order valence-corrected chi connectivity index (χ0v) is 9.82. The van der Waals surface area contributed by atoms with Gasteiger partial charge in [0.1, 0.15) is 0 Å². The molecule has 0 bridgehead atoms. The minimum atomic E-state index is -0.999. The SMILES string of the molecule is CC(C)(C)N1C(=O)CCC(CC(=O)O)C1=O. The van der Waals surface area contributed by atoms with Crippen molar-refractivity contribution in [1.82, 2.24) is 4.90 Å². The predicted octanol–water partition coefficient (Wildman–Crippen LogP) is 1.02.